The molecule has 7 heteroatoms. The zero-order chi connectivity index (χ0) is 14.7. The zero-order valence-electron chi connectivity index (χ0n) is 9.95. The first-order valence-electron chi connectivity index (χ1n) is 5.47. The Morgan fingerprint density at radius 3 is 2.20 bits per heavy atom. The maximum absolute atomic E-state index is 13.1. The average molecular weight is 315 g/mol. The van der Waals surface area contributed by atoms with Gasteiger partial charge < -0.3 is 15.7 Å². The lowest BCUT2D eigenvalue weighted by Crippen LogP contribution is -2.19. The van der Waals surface area contributed by atoms with Crippen molar-refractivity contribution in [1.29, 1.82) is 0 Å². The van der Waals surface area contributed by atoms with Crippen molar-refractivity contribution in [2.45, 2.75) is 0 Å². The van der Waals surface area contributed by atoms with E-state index in [9.17, 15) is 9.18 Å². The van der Waals surface area contributed by atoms with Crippen molar-refractivity contribution < 1.29 is 14.3 Å². The molecule has 0 aromatic heterocycles. The molecule has 2 aromatic carbocycles. The second kappa shape index (κ2) is 5.98. The molecule has 20 heavy (non-hydrogen) atoms. The molecule has 0 unspecified atom stereocenters. The molecule has 0 aliphatic heterocycles. The molecule has 0 atom stereocenters. The number of urea groups is 1. The number of carbonyl (C=O) groups excluding carboxylic acids is 1. The monoisotopic (exact) mass is 314 g/mol. The Kier molecular flexibility index (Phi) is 4.32. The lowest BCUT2D eigenvalue weighted by Gasteiger charge is -2.08. The number of phenols is 1. The van der Waals surface area contributed by atoms with E-state index in [1.54, 1.807) is 12.1 Å². The minimum atomic E-state index is -0.822. The van der Waals surface area contributed by atoms with Crippen molar-refractivity contribution in [3.63, 3.8) is 0 Å². The normalized spacial score (nSPS) is 10.2. The highest BCUT2D eigenvalue weighted by atomic mass is 35.5. The molecule has 0 spiro atoms. The van der Waals surface area contributed by atoms with Gasteiger partial charge in [-0.15, -0.1) is 0 Å². The summed E-state index contributed by atoms with van der Waals surface area (Å²) in [5.74, 6) is -1.31. The van der Waals surface area contributed by atoms with E-state index >= 15 is 0 Å². The molecule has 0 heterocycles. The number of benzene rings is 2. The minimum Gasteiger partial charge on any atom is -0.505 e. The van der Waals surface area contributed by atoms with Gasteiger partial charge in [0.15, 0.2) is 11.6 Å². The summed E-state index contributed by atoms with van der Waals surface area (Å²) < 4.78 is 13.1. The second-order valence-electron chi connectivity index (χ2n) is 3.87. The van der Waals surface area contributed by atoms with Crippen LogP contribution in [0.15, 0.2) is 36.4 Å². The Balaban J connectivity index is 2.04. The van der Waals surface area contributed by atoms with E-state index in [0.717, 1.165) is 12.1 Å². The van der Waals surface area contributed by atoms with Crippen molar-refractivity contribution in [2.24, 2.45) is 0 Å². The summed E-state index contributed by atoms with van der Waals surface area (Å²) in [7, 11) is 0. The third kappa shape index (κ3) is 3.53. The van der Waals surface area contributed by atoms with Crippen LogP contribution in [0.3, 0.4) is 0 Å². The van der Waals surface area contributed by atoms with Crippen LogP contribution in [0.2, 0.25) is 10.0 Å². The number of anilines is 2. The quantitative estimate of drug-likeness (QED) is 0.715. The van der Waals surface area contributed by atoms with Gasteiger partial charge in [-0.2, -0.15) is 0 Å². The fraction of sp³-hybridized carbons (Fsp3) is 0. The molecule has 0 radical (unpaired) electrons. The van der Waals surface area contributed by atoms with Gasteiger partial charge in [-0.25, -0.2) is 9.18 Å². The third-order valence-electron chi connectivity index (χ3n) is 2.38. The molecule has 2 rings (SSSR count). The van der Waals surface area contributed by atoms with Crippen LogP contribution in [-0.4, -0.2) is 11.1 Å². The van der Waals surface area contributed by atoms with E-state index in [2.05, 4.69) is 10.6 Å². The predicted octanol–water partition coefficient (Wildman–Crippen LogP) is 4.48. The van der Waals surface area contributed by atoms with Gasteiger partial charge in [-0.1, -0.05) is 23.2 Å². The van der Waals surface area contributed by atoms with Crippen LogP contribution < -0.4 is 10.6 Å². The molecular weight excluding hydrogens is 306 g/mol. The van der Waals surface area contributed by atoms with Gasteiger partial charge in [0.1, 0.15) is 0 Å². The number of phenolic OH excluding ortho intramolecular Hbond substituents is 1. The SMILES string of the molecule is O=C(Nc1ccc(O)c(F)c1)Nc1ccc(Cl)c(Cl)c1. The van der Waals surface area contributed by atoms with E-state index in [0.29, 0.717) is 15.7 Å². The summed E-state index contributed by atoms with van der Waals surface area (Å²) in [5, 5.41) is 14.6. The Morgan fingerprint density at radius 2 is 1.60 bits per heavy atom. The molecule has 104 valence electrons. The van der Waals surface area contributed by atoms with Crippen LogP contribution in [0, 0.1) is 5.82 Å². The van der Waals surface area contributed by atoms with E-state index < -0.39 is 17.6 Å². The summed E-state index contributed by atoms with van der Waals surface area (Å²) in [6, 6.07) is 7.54. The van der Waals surface area contributed by atoms with Crippen molar-refractivity contribution in [1.82, 2.24) is 0 Å². The van der Waals surface area contributed by atoms with Gasteiger partial charge in [0.25, 0.3) is 0 Å². The average Bonchev–Trinajstić information content (AvgIpc) is 2.38. The van der Waals surface area contributed by atoms with Crippen LogP contribution in [0.4, 0.5) is 20.6 Å². The number of nitrogens with one attached hydrogen (secondary N) is 2. The largest absolute Gasteiger partial charge is 0.505 e. The summed E-state index contributed by atoms with van der Waals surface area (Å²) in [4.78, 5) is 11.7. The van der Waals surface area contributed by atoms with E-state index in [1.807, 2.05) is 0 Å². The second-order valence-corrected chi connectivity index (χ2v) is 4.69. The maximum atomic E-state index is 13.1. The highest BCUT2D eigenvalue weighted by Gasteiger charge is 2.07. The topological polar surface area (TPSA) is 61.4 Å². The summed E-state index contributed by atoms with van der Waals surface area (Å²) in [5.41, 5.74) is 0.647. The summed E-state index contributed by atoms with van der Waals surface area (Å²) >= 11 is 11.6. The van der Waals surface area contributed by atoms with Gasteiger partial charge in [-0.3, -0.25) is 0 Å². The lowest BCUT2D eigenvalue weighted by atomic mass is 10.3. The predicted molar refractivity (Wildman–Crippen MR) is 77.2 cm³/mol. The van der Waals surface area contributed by atoms with Gasteiger partial charge in [0.05, 0.1) is 10.0 Å². The molecule has 0 fully saturated rings. The zero-order valence-corrected chi connectivity index (χ0v) is 11.5. The van der Waals surface area contributed by atoms with Gasteiger partial charge in [0.2, 0.25) is 0 Å². The summed E-state index contributed by atoms with van der Waals surface area (Å²) in [6.45, 7) is 0. The smallest absolute Gasteiger partial charge is 0.323 e. The Bertz CT molecular complexity index is 609. The molecule has 0 aliphatic carbocycles. The van der Waals surface area contributed by atoms with Crippen LogP contribution >= 0.6 is 23.2 Å². The fourth-order valence-electron chi connectivity index (χ4n) is 1.45. The van der Waals surface area contributed by atoms with Crippen molar-refractivity contribution >= 4 is 40.6 Å². The first kappa shape index (κ1) is 14.4. The first-order chi connectivity index (χ1) is 9.45. The first-order valence-corrected chi connectivity index (χ1v) is 6.23. The fourth-order valence-corrected chi connectivity index (χ4v) is 1.75. The number of rotatable bonds is 2. The maximum Gasteiger partial charge on any atom is 0.323 e. The highest BCUT2D eigenvalue weighted by Crippen LogP contribution is 2.25. The van der Waals surface area contributed by atoms with Crippen LogP contribution in [-0.2, 0) is 0 Å². The molecule has 4 nitrogen and oxygen atoms in total. The van der Waals surface area contributed by atoms with E-state index in [-0.39, 0.29) is 5.69 Å². The molecular formula is C13H9Cl2FN2O2. The lowest BCUT2D eigenvalue weighted by molar-refractivity contribution is 0.262. The number of amides is 2. The Morgan fingerprint density at radius 1 is 1.00 bits per heavy atom. The third-order valence-corrected chi connectivity index (χ3v) is 3.12. The van der Waals surface area contributed by atoms with Crippen LogP contribution in [0.1, 0.15) is 0 Å². The van der Waals surface area contributed by atoms with E-state index in [4.69, 9.17) is 28.3 Å². The van der Waals surface area contributed by atoms with Crippen molar-refractivity contribution in [2.75, 3.05) is 10.6 Å². The number of hydrogen-bond acceptors (Lipinski definition) is 2. The van der Waals surface area contributed by atoms with Gasteiger partial charge >= 0.3 is 6.03 Å². The molecule has 0 bridgehead atoms. The molecule has 2 aromatic rings. The van der Waals surface area contributed by atoms with Crippen LogP contribution in [0.5, 0.6) is 5.75 Å². The Hall–Kier alpha value is -1.98. The standard InChI is InChI=1S/C13H9Cl2FN2O2/c14-9-3-1-7(5-10(9)15)17-13(20)18-8-2-4-12(19)11(16)6-8/h1-6,19H,(H2,17,18,20). The minimum absolute atomic E-state index is 0.206. The summed E-state index contributed by atoms with van der Waals surface area (Å²) in [6.07, 6.45) is 0. The molecule has 0 saturated carbocycles. The van der Waals surface area contributed by atoms with Crippen molar-refractivity contribution in [3.05, 3.63) is 52.3 Å². The molecule has 0 saturated heterocycles. The molecule has 2 amide bonds. The number of carbonyl (C=O) groups is 1. The highest BCUT2D eigenvalue weighted by molar-refractivity contribution is 6.42. The van der Waals surface area contributed by atoms with E-state index in [1.165, 1.54) is 12.1 Å². The van der Waals surface area contributed by atoms with Gasteiger partial charge in [0, 0.05) is 17.4 Å². The molecule has 0 aliphatic rings. The number of hydrogen-bond donors (Lipinski definition) is 3. The van der Waals surface area contributed by atoms with Crippen molar-refractivity contribution in [3.8, 4) is 5.75 Å². The number of aromatic hydroxyl groups is 1. The van der Waals surface area contributed by atoms with Gasteiger partial charge in [-0.05, 0) is 30.3 Å². The molecule has 3 N–H and O–H groups in total. The number of halogens is 3. The Labute approximate surface area is 124 Å². The van der Waals surface area contributed by atoms with Crippen LogP contribution in [0.25, 0.3) is 0 Å².